The fraction of sp³-hybridized carbons (Fsp3) is 0.371. The molecular formula is C35H37N9O3. The number of aromatic nitrogens is 6. The van der Waals surface area contributed by atoms with E-state index in [4.69, 9.17) is 5.26 Å². The zero-order valence-electron chi connectivity index (χ0n) is 26.3. The number of piperidine rings is 2. The van der Waals surface area contributed by atoms with Crippen LogP contribution < -0.4 is 5.56 Å². The highest BCUT2D eigenvalue weighted by molar-refractivity contribution is 5.80. The molecule has 0 bridgehead atoms. The lowest BCUT2D eigenvalue weighted by atomic mass is 9.79. The Morgan fingerprint density at radius 3 is 2.57 bits per heavy atom. The number of benzene rings is 1. The molecule has 2 saturated heterocycles. The lowest BCUT2D eigenvalue weighted by Gasteiger charge is -2.43. The van der Waals surface area contributed by atoms with E-state index in [0.29, 0.717) is 49.2 Å². The first-order valence-corrected chi connectivity index (χ1v) is 16.0. The number of nitrogens with zero attached hydrogens (tertiary/aromatic N) is 9. The molecule has 2 aliphatic rings. The van der Waals surface area contributed by atoms with Crippen molar-refractivity contribution in [3.05, 3.63) is 107 Å². The number of hydrogen-bond donors (Lipinski definition) is 1. The summed E-state index contributed by atoms with van der Waals surface area (Å²) in [7, 11) is 1.83. The summed E-state index contributed by atoms with van der Waals surface area (Å²) in [5.74, 6) is -0.0189. The van der Waals surface area contributed by atoms with Gasteiger partial charge in [-0.15, -0.1) is 0 Å². The highest BCUT2D eigenvalue weighted by atomic mass is 16.3. The van der Waals surface area contributed by atoms with Crippen LogP contribution >= 0.6 is 0 Å². The molecule has 1 amide bonds. The first-order valence-electron chi connectivity index (χ1n) is 16.0. The van der Waals surface area contributed by atoms with E-state index in [9.17, 15) is 14.7 Å². The number of amides is 1. The van der Waals surface area contributed by atoms with Crippen LogP contribution in [-0.2, 0) is 24.9 Å². The minimum absolute atomic E-state index is 0.0277. The second-order valence-electron chi connectivity index (χ2n) is 12.8. The first kappa shape index (κ1) is 30.5. The molecule has 2 atom stereocenters. The molecule has 240 valence electrons. The number of aryl methyl sites for hydroxylation is 1. The van der Waals surface area contributed by atoms with Gasteiger partial charge in [0, 0.05) is 63.7 Å². The van der Waals surface area contributed by atoms with Gasteiger partial charge in [0.25, 0.3) is 5.56 Å². The number of carbonyl (C=O) groups excluding carboxylic acids is 1. The van der Waals surface area contributed by atoms with Crippen LogP contribution in [0.5, 0.6) is 0 Å². The largest absolute Gasteiger partial charge is 0.388 e. The van der Waals surface area contributed by atoms with Crippen LogP contribution in [0.3, 0.4) is 0 Å². The Morgan fingerprint density at radius 2 is 1.87 bits per heavy atom. The standard InChI is InChI=1S/C35H37N9O3/c1-40-21-28(19-39-40)44-14-10-30-32(44)38-24-43(34(30)46)23-35(47)11-15-42(16-12-35)33(45)29-9-13-41(20-25-7-8-27(17-36)37-18-25)22-31(29)26-5-3-2-4-6-26/h2-8,10,14,18-19,21,24,29,31,47H,9,11-13,15-16,20,22-23H2,1H3/t29-,31+/m1/s1. The molecule has 0 unspecified atom stereocenters. The molecule has 0 radical (unpaired) electrons. The molecule has 2 aliphatic heterocycles. The Bertz CT molecular complexity index is 1980. The number of nitriles is 1. The fourth-order valence-electron chi connectivity index (χ4n) is 7.10. The number of aliphatic hydroxyl groups is 1. The van der Waals surface area contributed by atoms with Crippen molar-refractivity contribution in [2.75, 3.05) is 26.2 Å². The van der Waals surface area contributed by atoms with Crippen LogP contribution in [0.2, 0.25) is 0 Å². The predicted octanol–water partition coefficient (Wildman–Crippen LogP) is 2.85. The van der Waals surface area contributed by atoms with Gasteiger partial charge in [-0.25, -0.2) is 9.97 Å². The summed E-state index contributed by atoms with van der Waals surface area (Å²) < 4.78 is 5.00. The molecule has 2 fully saturated rings. The van der Waals surface area contributed by atoms with Gasteiger partial charge in [0.1, 0.15) is 18.1 Å². The van der Waals surface area contributed by atoms with Crippen molar-refractivity contribution >= 4 is 16.9 Å². The average molecular weight is 632 g/mol. The third kappa shape index (κ3) is 6.19. The Balaban J connectivity index is 1.02. The van der Waals surface area contributed by atoms with E-state index in [1.807, 2.05) is 47.0 Å². The Hall–Kier alpha value is -5.12. The van der Waals surface area contributed by atoms with Crippen LogP contribution in [0.1, 0.15) is 42.0 Å². The number of rotatable bonds is 7. The van der Waals surface area contributed by atoms with Crippen molar-refractivity contribution in [2.45, 2.75) is 43.9 Å². The van der Waals surface area contributed by atoms with E-state index in [-0.39, 0.29) is 29.8 Å². The maximum absolute atomic E-state index is 14.1. The predicted molar refractivity (Wildman–Crippen MR) is 174 cm³/mol. The molecule has 12 heteroatoms. The van der Waals surface area contributed by atoms with Crippen molar-refractivity contribution in [1.82, 2.24) is 38.7 Å². The van der Waals surface area contributed by atoms with Crippen LogP contribution in [-0.4, -0.2) is 81.5 Å². The van der Waals surface area contributed by atoms with Crippen molar-refractivity contribution in [3.63, 3.8) is 0 Å². The van der Waals surface area contributed by atoms with Crippen LogP contribution in [0, 0.1) is 17.2 Å². The van der Waals surface area contributed by atoms with E-state index >= 15 is 0 Å². The van der Waals surface area contributed by atoms with Crippen molar-refractivity contribution in [2.24, 2.45) is 13.0 Å². The van der Waals surface area contributed by atoms with Gasteiger partial charge in [0.2, 0.25) is 5.91 Å². The third-order valence-electron chi connectivity index (χ3n) is 9.70. The monoisotopic (exact) mass is 631 g/mol. The fourth-order valence-corrected chi connectivity index (χ4v) is 7.10. The van der Waals surface area contributed by atoms with Crippen LogP contribution in [0.4, 0.5) is 0 Å². The molecule has 1 N–H and O–H groups in total. The number of hydrogen-bond acceptors (Lipinski definition) is 8. The molecule has 47 heavy (non-hydrogen) atoms. The van der Waals surface area contributed by atoms with E-state index in [1.54, 1.807) is 35.4 Å². The summed E-state index contributed by atoms with van der Waals surface area (Å²) in [5, 5.41) is 25.3. The minimum Gasteiger partial charge on any atom is -0.388 e. The number of carbonyl (C=O) groups is 1. The smallest absolute Gasteiger partial charge is 0.262 e. The second-order valence-corrected chi connectivity index (χ2v) is 12.8. The zero-order chi connectivity index (χ0) is 32.5. The molecular weight excluding hydrogens is 594 g/mol. The van der Waals surface area contributed by atoms with Gasteiger partial charge in [-0.2, -0.15) is 10.4 Å². The molecule has 1 aromatic carbocycles. The van der Waals surface area contributed by atoms with Crippen LogP contribution in [0.25, 0.3) is 16.7 Å². The number of fused-ring (bicyclic) bond motifs is 1. The topological polar surface area (TPSA) is 138 Å². The van der Waals surface area contributed by atoms with Crippen molar-refractivity contribution < 1.29 is 9.90 Å². The van der Waals surface area contributed by atoms with Gasteiger partial charge >= 0.3 is 0 Å². The summed E-state index contributed by atoms with van der Waals surface area (Å²) >= 11 is 0. The molecule has 6 heterocycles. The summed E-state index contributed by atoms with van der Waals surface area (Å²) in [6.45, 7) is 3.18. The Kier molecular flexibility index (Phi) is 8.17. The highest BCUT2D eigenvalue weighted by Crippen LogP contribution is 2.36. The van der Waals surface area contributed by atoms with Gasteiger partial charge < -0.3 is 10.0 Å². The summed E-state index contributed by atoms with van der Waals surface area (Å²) in [4.78, 5) is 40.5. The lowest BCUT2D eigenvalue weighted by Crippen LogP contribution is -2.53. The average Bonchev–Trinajstić information content (AvgIpc) is 3.73. The second kappa shape index (κ2) is 12.6. The van der Waals surface area contributed by atoms with Gasteiger partial charge in [-0.3, -0.25) is 28.3 Å². The summed E-state index contributed by atoms with van der Waals surface area (Å²) in [5.41, 5.74) is 2.59. The normalized spacial score (nSPS) is 19.9. The molecule has 0 saturated carbocycles. The zero-order valence-corrected chi connectivity index (χ0v) is 26.3. The Labute approximate surface area is 272 Å². The Morgan fingerprint density at radius 1 is 1.06 bits per heavy atom. The molecule has 0 aliphatic carbocycles. The van der Waals surface area contributed by atoms with Gasteiger partial charge in [-0.1, -0.05) is 36.4 Å². The van der Waals surface area contributed by atoms with Crippen molar-refractivity contribution in [3.8, 4) is 11.8 Å². The number of pyridine rings is 1. The lowest BCUT2D eigenvalue weighted by molar-refractivity contribution is -0.142. The van der Waals surface area contributed by atoms with Crippen LogP contribution in [0.15, 0.2) is 84.4 Å². The summed E-state index contributed by atoms with van der Waals surface area (Å²) in [6.07, 6.45) is 10.1. The minimum atomic E-state index is -1.13. The molecule has 7 rings (SSSR count). The molecule has 12 nitrogen and oxygen atoms in total. The van der Waals surface area contributed by atoms with E-state index < -0.39 is 5.60 Å². The van der Waals surface area contributed by atoms with E-state index in [0.717, 1.165) is 36.3 Å². The maximum atomic E-state index is 14.1. The number of likely N-dealkylation sites (tertiary alicyclic amines) is 2. The van der Waals surface area contributed by atoms with Gasteiger partial charge in [-0.05, 0) is 49.1 Å². The van der Waals surface area contributed by atoms with Gasteiger partial charge in [0.05, 0.1) is 29.4 Å². The summed E-state index contributed by atoms with van der Waals surface area (Å²) in [6, 6.07) is 17.7. The maximum Gasteiger partial charge on any atom is 0.262 e. The molecule has 4 aromatic heterocycles. The SMILES string of the molecule is Cn1cc(-n2ccc3c(=O)n(CC4(O)CCN(C(=O)[C@@H]5CCN(Cc6ccc(C#N)nc6)C[C@H]5c5ccccc5)CC4)cnc32)cn1. The quantitative estimate of drug-likeness (QED) is 0.290. The van der Waals surface area contributed by atoms with E-state index in [2.05, 4.69) is 38.2 Å². The first-order chi connectivity index (χ1) is 22.8. The van der Waals surface area contributed by atoms with Gasteiger partial charge in [0.15, 0.2) is 5.65 Å². The van der Waals surface area contributed by atoms with Crippen molar-refractivity contribution in [1.29, 1.82) is 5.26 Å². The molecule has 0 spiro atoms. The van der Waals surface area contributed by atoms with E-state index in [1.165, 1.54) is 10.9 Å². The highest BCUT2D eigenvalue weighted by Gasteiger charge is 2.41. The third-order valence-corrected chi connectivity index (χ3v) is 9.70. The molecule has 5 aromatic rings.